The van der Waals surface area contributed by atoms with E-state index >= 15 is 0 Å². The number of aliphatic imine (C=N–C) groups is 1. The quantitative estimate of drug-likeness (QED) is 0.269. The first kappa shape index (κ1) is 22.8. The zero-order chi connectivity index (χ0) is 25.7. The van der Waals surface area contributed by atoms with Gasteiger partial charge in [0.15, 0.2) is 0 Å². The fraction of sp³-hybridized carbons (Fsp3) is 0.125. The van der Waals surface area contributed by atoms with Gasteiger partial charge in [0, 0.05) is 45.3 Å². The number of aromatic nitrogens is 2. The molecule has 0 spiro atoms. The summed E-state index contributed by atoms with van der Waals surface area (Å²) in [6, 6.07) is 27.7. The fourth-order valence-electron chi connectivity index (χ4n) is 5.37. The van der Waals surface area contributed by atoms with Crippen molar-refractivity contribution in [2.45, 2.75) is 27.3 Å². The first-order valence-electron chi connectivity index (χ1n) is 12.5. The molecule has 0 radical (unpaired) electrons. The van der Waals surface area contributed by atoms with E-state index in [9.17, 15) is 9.90 Å². The van der Waals surface area contributed by atoms with E-state index < -0.39 is 0 Å². The summed E-state index contributed by atoms with van der Waals surface area (Å²) in [5.74, 6) is -0.122. The molecule has 182 valence electrons. The minimum absolute atomic E-state index is 0.122. The third kappa shape index (κ3) is 3.62. The molecular formula is C32H27N3O2. The average molecular weight is 486 g/mol. The first-order valence-corrected chi connectivity index (χ1v) is 12.5. The Morgan fingerprint density at radius 2 is 1.51 bits per heavy atom. The molecular weight excluding hydrogens is 458 g/mol. The lowest BCUT2D eigenvalue weighted by Crippen LogP contribution is -2.21. The van der Waals surface area contributed by atoms with Gasteiger partial charge >= 0.3 is 0 Å². The third-order valence-corrected chi connectivity index (χ3v) is 7.11. The van der Waals surface area contributed by atoms with Crippen molar-refractivity contribution in [1.82, 2.24) is 9.13 Å². The second-order valence-electron chi connectivity index (χ2n) is 9.43. The van der Waals surface area contributed by atoms with Gasteiger partial charge in [-0.3, -0.25) is 9.79 Å². The van der Waals surface area contributed by atoms with E-state index in [0.717, 1.165) is 28.7 Å². The van der Waals surface area contributed by atoms with Crippen LogP contribution in [0.5, 0.6) is 5.88 Å². The standard InChI is InChI=1S/C32H27N3O2/c1-4-34-29-12-8-7-10-24(29)26-18-22(14-16-30(26)34)33-19-27-23-9-5-6-11-25(23)31(36)35(32(27)37)28-15-13-20(2)17-21(28)3/h5-19,37H,4H2,1-3H3. The summed E-state index contributed by atoms with van der Waals surface area (Å²) in [7, 11) is 0. The van der Waals surface area contributed by atoms with Crippen LogP contribution in [0.15, 0.2) is 94.7 Å². The molecule has 0 atom stereocenters. The van der Waals surface area contributed by atoms with Crippen LogP contribution in [-0.2, 0) is 6.54 Å². The number of aryl methyl sites for hydroxylation is 3. The molecule has 37 heavy (non-hydrogen) atoms. The van der Waals surface area contributed by atoms with Crippen LogP contribution in [0.3, 0.4) is 0 Å². The molecule has 0 aliphatic carbocycles. The summed E-state index contributed by atoms with van der Waals surface area (Å²) in [6.07, 6.45) is 1.66. The topological polar surface area (TPSA) is 59.5 Å². The summed E-state index contributed by atoms with van der Waals surface area (Å²) in [5.41, 5.74) is 6.05. The summed E-state index contributed by atoms with van der Waals surface area (Å²) >= 11 is 0. The number of nitrogens with zero attached hydrogens (tertiary/aromatic N) is 3. The van der Waals surface area contributed by atoms with Gasteiger partial charge < -0.3 is 9.67 Å². The Balaban J connectivity index is 1.55. The Kier molecular flexibility index (Phi) is 5.41. The molecule has 2 aromatic heterocycles. The molecule has 0 saturated heterocycles. The molecule has 0 bridgehead atoms. The number of hydrogen-bond acceptors (Lipinski definition) is 3. The molecule has 5 heteroatoms. The molecule has 4 aromatic carbocycles. The van der Waals surface area contributed by atoms with Crippen LogP contribution in [0.4, 0.5) is 5.69 Å². The van der Waals surface area contributed by atoms with E-state index in [-0.39, 0.29) is 11.4 Å². The Morgan fingerprint density at radius 1 is 0.811 bits per heavy atom. The highest BCUT2D eigenvalue weighted by atomic mass is 16.3. The van der Waals surface area contributed by atoms with Crippen molar-refractivity contribution in [3.05, 3.63) is 112 Å². The van der Waals surface area contributed by atoms with Crippen LogP contribution < -0.4 is 5.56 Å². The minimum Gasteiger partial charge on any atom is -0.494 e. The maximum atomic E-state index is 13.5. The smallest absolute Gasteiger partial charge is 0.265 e. The van der Waals surface area contributed by atoms with Gasteiger partial charge in [-0.2, -0.15) is 0 Å². The molecule has 0 amide bonds. The molecule has 1 N–H and O–H groups in total. The lowest BCUT2D eigenvalue weighted by Gasteiger charge is -2.16. The summed E-state index contributed by atoms with van der Waals surface area (Å²) in [5, 5.41) is 14.9. The predicted molar refractivity (Wildman–Crippen MR) is 153 cm³/mol. The highest BCUT2D eigenvalue weighted by molar-refractivity contribution is 6.09. The fourth-order valence-corrected chi connectivity index (χ4v) is 5.37. The van der Waals surface area contributed by atoms with Crippen molar-refractivity contribution < 1.29 is 5.11 Å². The van der Waals surface area contributed by atoms with Crippen molar-refractivity contribution >= 4 is 44.5 Å². The lowest BCUT2D eigenvalue weighted by atomic mass is 10.1. The van der Waals surface area contributed by atoms with Gasteiger partial charge in [-0.05, 0) is 62.7 Å². The van der Waals surface area contributed by atoms with E-state index in [0.29, 0.717) is 22.0 Å². The highest BCUT2D eigenvalue weighted by Crippen LogP contribution is 2.33. The maximum absolute atomic E-state index is 13.5. The van der Waals surface area contributed by atoms with Gasteiger partial charge in [0.1, 0.15) is 0 Å². The predicted octanol–water partition coefficient (Wildman–Crippen LogP) is 7.19. The second-order valence-corrected chi connectivity index (χ2v) is 9.43. The number of rotatable bonds is 4. The Bertz CT molecular complexity index is 1930. The van der Waals surface area contributed by atoms with Gasteiger partial charge in [0.05, 0.1) is 16.9 Å². The van der Waals surface area contributed by atoms with Gasteiger partial charge in [-0.1, -0.05) is 54.1 Å². The zero-order valence-electron chi connectivity index (χ0n) is 21.1. The molecule has 6 aromatic rings. The normalized spacial score (nSPS) is 11.9. The van der Waals surface area contributed by atoms with Crippen LogP contribution >= 0.6 is 0 Å². The molecule has 5 nitrogen and oxygen atoms in total. The van der Waals surface area contributed by atoms with Crippen molar-refractivity contribution in [3.63, 3.8) is 0 Å². The van der Waals surface area contributed by atoms with Gasteiger partial charge in [-0.25, -0.2) is 4.57 Å². The number of para-hydroxylation sites is 1. The number of benzene rings is 4. The number of pyridine rings is 1. The highest BCUT2D eigenvalue weighted by Gasteiger charge is 2.17. The van der Waals surface area contributed by atoms with Crippen LogP contribution in [0, 0.1) is 13.8 Å². The Hall–Kier alpha value is -4.64. The molecule has 0 fully saturated rings. The molecule has 6 rings (SSSR count). The average Bonchev–Trinajstić information content (AvgIpc) is 3.23. The van der Waals surface area contributed by atoms with Crippen molar-refractivity contribution in [2.24, 2.45) is 4.99 Å². The largest absolute Gasteiger partial charge is 0.494 e. The van der Waals surface area contributed by atoms with Gasteiger partial charge in [0.2, 0.25) is 5.88 Å². The molecule has 0 unspecified atom stereocenters. The molecule has 0 aliphatic rings. The van der Waals surface area contributed by atoms with Gasteiger partial charge in [-0.15, -0.1) is 0 Å². The summed E-state index contributed by atoms with van der Waals surface area (Å²) < 4.78 is 3.69. The Labute approximate surface area is 214 Å². The van der Waals surface area contributed by atoms with Crippen molar-refractivity contribution in [1.29, 1.82) is 0 Å². The van der Waals surface area contributed by atoms with E-state index in [1.807, 2.05) is 56.3 Å². The van der Waals surface area contributed by atoms with Crippen LogP contribution in [0.1, 0.15) is 23.6 Å². The maximum Gasteiger partial charge on any atom is 0.265 e. The molecule has 2 heterocycles. The third-order valence-electron chi connectivity index (χ3n) is 7.11. The van der Waals surface area contributed by atoms with Crippen molar-refractivity contribution in [2.75, 3.05) is 0 Å². The van der Waals surface area contributed by atoms with Crippen LogP contribution in [-0.4, -0.2) is 20.5 Å². The van der Waals surface area contributed by atoms with E-state index in [2.05, 4.69) is 47.9 Å². The van der Waals surface area contributed by atoms with E-state index in [1.165, 1.54) is 21.0 Å². The van der Waals surface area contributed by atoms with E-state index in [1.54, 1.807) is 12.3 Å². The second kappa shape index (κ2) is 8.79. The number of aromatic hydroxyl groups is 1. The number of hydrogen-bond donors (Lipinski definition) is 1. The van der Waals surface area contributed by atoms with Crippen molar-refractivity contribution in [3.8, 4) is 11.6 Å². The monoisotopic (exact) mass is 485 g/mol. The van der Waals surface area contributed by atoms with Gasteiger partial charge in [0.25, 0.3) is 5.56 Å². The zero-order valence-corrected chi connectivity index (χ0v) is 21.1. The SMILES string of the molecule is CCn1c2ccccc2c2cc(N=Cc3c(O)n(-c4ccc(C)cc4C)c(=O)c4ccccc34)ccc21. The van der Waals surface area contributed by atoms with Crippen LogP contribution in [0.2, 0.25) is 0 Å². The minimum atomic E-state index is -0.258. The molecule has 0 aliphatic heterocycles. The van der Waals surface area contributed by atoms with E-state index in [4.69, 9.17) is 4.99 Å². The summed E-state index contributed by atoms with van der Waals surface area (Å²) in [6.45, 7) is 6.98. The first-order chi connectivity index (χ1) is 18.0. The number of fused-ring (bicyclic) bond motifs is 4. The summed E-state index contributed by atoms with van der Waals surface area (Å²) in [4.78, 5) is 18.2. The lowest BCUT2D eigenvalue weighted by molar-refractivity contribution is 0.436. The Morgan fingerprint density at radius 3 is 2.27 bits per heavy atom. The molecule has 0 saturated carbocycles. The van der Waals surface area contributed by atoms with Crippen LogP contribution in [0.25, 0.3) is 38.3 Å².